The molecule has 114 valence electrons. The molecular weight excluding hydrogens is 262 g/mol. The summed E-state index contributed by atoms with van der Waals surface area (Å²) in [5, 5.41) is 11.9. The Morgan fingerprint density at radius 1 is 1.45 bits per heavy atom. The van der Waals surface area contributed by atoms with Crippen LogP contribution in [0.4, 0.5) is 4.79 Å². The van der Waals surface area contributed by atoms with Crippen LogP contribution >= 0.6 is 0 Å². The summed E-state index contributed by atoms with van der Waals surface area (Å²) in [6.45, 7) is 5.23. The maximum Gasteiger partial charge on any atom is 0.328 e. The Morgan fingerprint density at radius 2 is 2.20 bits per heavy atom. The van der Waals surface area contributed by atoms with Crippen molar-refractivity contribution in [2.45, 2.75) is 31.8 Å². The Balaban J connectivity index is 1.76. The lowest BCUT2D eigenvalue weighted by Gasteiger charge is -2.33. The average molecular weight is 285 g/mol. The van der Waals surface area contributed by atoms with Gasteiger partial charge in [-0.05, 0) is 19.4 Å². The smallest absolute Gasteiger partial charge is 0.328 e. The molecule has 7 nitrogen and oxygen atoms in total. The van der Waals surface area contributed by atoms with Crippen LogP contribution in [0.1, 0.15) is 19.8 Å². The number of rotatable bonds is 6. The molecule has 0 radical (unpaired) electrons. The van der Waals surface area contributed by atoms with Crippen molar-refractivity contribution in [3.63, 3.8) is 0 Å². The van der Waals surface area contributed by atoms with Crippen LogP contribution < -0.4 is 5.32 Å². The molecule has 0 aromatic rings. The zero-order valence-corrected chi connectivity index (χ0v) is 11.9. The number of urea groups is 1. The summed E-state index contributed by atoms with van der Waals surface area (Å²) >= 11 is 0. The van der Waals surface area contributed by atoms with Crippen LogP contribution in [-0.2, 0) is 9.53 Å². The van der Waals surface area contributed by atoms with Crippen molar-refractivity contribution >= 4 is 12.0 Å². The molecule has 0 bridgehead atoms. The van der Waals surface area contributed by atoms with E-state index in [0.29, 0.717) is 25.7 Å². The highest BCUT2D eigenvalue weighted by atomic mass is 16.5. The summed E-state index contributed by atoms with van der Waals surface area (Å²) in [6, 6.07) is -0.519. The van der Waals surface area contributed by atoms with Crippen molar-refractivity contribution in [3.8, 4) is 0 Å². The lowest BCUT2D eigenvalue weighted by molar-refractivity contribution is -0.147. The van der Waals surface area contributed by atoms with Crippen LogP contribution in [0.5, 0.6) is 0 Å². The fraction of sp³-hybridized carbons (Fsp3) is 0.846. The number of hydrogen-bond donors (Lipinski definition) is 2. The number of carbonyl (C=O) groups excluding carboxylic acids is 1. The molecule has 2 aliphatic rings. The minimum Gasteiger partial charge on any atom is -0.480 e. The molecule has 2 N–H and O–H groups in total. The molecule has 0 spiro atoms. The maximum absolute atomic E-state index is 12.0. The van der Waals surface area contributed by atoms with E-state index in [4.69, 9.17) is 9.84 Å². The van der Waals surface area contributed by atoms with Gasteiger partial charge in [-0.25, -0.2) is 9.59 Å². The summed E-state index contributed by atoms with van der Waals surface area (Å²) in [7, 11) is 0. The predicted octanol–water partition coefficient (Wildman–Crippen LogP) is -0.0343. The van der Waals surface area contributed by atoms with Crippen LogP contribution in [0, 0.1) is 0 Å². The molecule has 0 aromatic heterocycles. The first-order valence-corrected chi connectivity index (χ1v) is 7.22. The van der Waals surface area contributed by atoms with Crippen molar-refractivity contribution < 1.29 is 19.4 Å². The number of aliphatic carboxylic acids is 1. The Labute approximate surface area is 118 Å². The molecule has 7 heteroatoms. The summed E-state index contributed by atoms with van der Waals surface area (Å²) in [4.78, 5) is 26.8. The van der Waals surface area contributed by atoms with E-state index in [9.17, 15) is 9.59 Å². The summed E-state index contributed by atoms with van der Waals surface area (Å²) in [6.07, 6.45) is 2.48. The van der Waals surface area contributed by atoms with Gasteiger partial charge in [-0.15, -0.1) is 0 Å². The minimum absolute atomic E-state index is 0.0614. The molecule has 1 aliphatic heterocycles. The van der Waals surface area contributed by atoms with Gasteiger partial charge in [0, 0.05) is 25.7 Å². The molecule has 0 aromatic carbocycles. The Kier molecular flexibility index (Phi) is 5.19. The van der Waals surface area contributed by atoms with Gasteiger partial charge in [-0.3, -0.25) is 4.90 Å². The second-order valence-electron chi connectivity index (χ2n) is 5.21. The normalized spacial score (nSPS) is 22.9. The van der Waals surface area contributed by atoms with E-state index in [1.54, 1.807) is 0 Å². The quantitative estimate of drug-likeness (QED) is 0.716. The zero-order chi connectivity index (χ0) is 14.5. The molecule has 1 heterocycles. The molecule has 1 atom stereocenters. The van der Waals surface area contributed by atoms with Gasteiger partial charge in [-0.2, -0.15) is 0 Å². The second kappa shape index (κ2) is 6.90. The van der Waals surface area contributed by atoms with Crippen LogP contribution in [0.2, 0.25) is 0 Å². The van der Waals surface area contributed by atoms with Crippen molar-refractivity contribution in [3.05, 3.63) is 0 Å². The molecular formula is C13H23N3O4. The summed E-state index contributed by atoms with van der Waals surface area (Å²) in [5.74, 6) is -1.02. The van der Waals surface area contributed by atoms with Crippen molar-refractivity contribution in [2.75, 3.05) is 39.4 Å². The van der Waals surface area contributed by atoms with Crippen LogP contribution in [0.3, 0.4) is 0 Å². The Hall–Kier alpha value is -1.34. The first kappa shape index (κ1) is 15.1. The maximum atomic E-state index is 12.0. The highest BCUT2D eigenvalue weighted by molar-refractivity contribution is 5.83. The van der Waals surface area contributed by atoms with Gasteiger partial charge in [0.15, 0.2) is 6.04 Å². The fourth-order valence-corrected chi connectivity index (χ4v) is 2.50. The second-order valence-corrected chi connectivity index (χ2v) is 5.21. The fourth-order valence-electron chi connectivity index (χ4n) is 2.50. The molecule has 2 rings (SSSR count). The summed E-state index contributed by atoms with van der Waals surface area (Å²) in [5.41, 5.74) is 0. The highest BCUT2D eigenvalue weighted by Crippen LogP contribution is 2.25. The van der Waals surface area contributed by atoms with Gasteiger partial charge in [0.2, 0.25) is 0 Å². The highest BCUT2D eigenvalue weighted by Gasteiger charge is 2.33. The van der Waals surface area contributed by atoms with E-state index in [1.165, 1.54) is 17.7 Å². The third kappa shape index (κ3) is 3.83. The SMILES string of the molecule is CCN(CCNC(=O)N1CCOCC1C(=O)O)C1CC1. The van der Waals surface area contributed by atoms with E-state index < -0.39 is 12.0 Å². The van der Waals surface area contributed by atoms with E-state index in [1.807, 2.05) is 0 Å². The third-order valence-electron chi connectivity index (χ3n) is 3.82. The number of carbonyl (C=O) groups is 2. The topological polar surface area (TPSA) is 82.1 Å². The van der Waals surface area contributed by atoms with Gasteiger partial charge in [0.25, 0.3) is 0 Å². The van der Waals surface area contributed by atoms with Gasteiger partial charge >= 0.3 is 12.0 Å². The lowest BCUT2D eigenvalue weighted by Crippen LogP contribution is -2.56. The van der Waals surface area contributed by atoms with Crippen molar-refractivity contribution in [1.82, 2.24) is 15.1 Å². The lowest BCUT2D eigenvalue weighted by atomic mass is 10.2. The van der Waals surface area contributed by atoms with Gasteiger partial charge < -0.3 is 20.1 Å². The van der Waals surface area contributed by atoms with Gasteiger partial charge in [0.05, 0.1) is 13.2 Å². The van der Waals surface area contributed by atoms with Crippen molar-refractivity contribution in [2.24, 2.45) is 0 Å². The molecule has 20 heavy (non-hydrogen) atoms. The number of carboxylic acids is 1. The number of hydrogen-bond acceptors (Lipinski definition) is 4. The number of nitrogens with zero attached hydrogens (tertiary/aromatic N) is 2. The number of carboxylic acid groups (broad SMARTS) is 1. The Bertz CT molecular complexity index is 360. The molecule has 1 saturated heterocycles. The van der Waals surface area contributed by atoms with Gasteiger partial charge in [0.1, 0.15) is 0 Å². The van der Waals surface area contributed by atoms with Crippen LogP contribution in [0.25, 0.3) is 0 Å². The molecule has 1 aliphatic carbocycles. The molecule has 1 saturated carbocycles. The number of likely N-dealkylation sites (N-methyl/N-ethyl adjacent to an activating group) is 1. The average Bonchev–Trinajstić information content (AvgIpc) is 3.28. The third-order valence-corrected chi connectivity index (χ3v) is 3.82. The largest absolute Gasteiger partial charge is 0.480 e. The van der Waals surface area contributed by atoms with Crippen LogP contribution in [0.15, 0.2) is 0 Å². The molecule has 2 fully saturated rings. The number of ether oxygens (including phenoxy) is 1. The van der Waals surface area contributed by atoms with E-state index >= 15 is 0 Å². The monoisotopic (exact) mass is 285 g/mol. The first-order chi connectivity index (χ1) is 9.63. The standard InChI is InChI=1S/C13H23N3O4/c1-2-15(10-3-4-10)6-5-14-13(19)16-7-8-20-9-11(16)12(17)18/h10-11H,2-9H2,1H3,(H,14,19)(H,17,18). The Morgan fingerprint density at radius 3 is 2.80 bits per heavy atom. The first-order valence-electron chi connectivity index (χ1n) is 7.22. The molecule has 1 unspecified atom stereocenters. The number of nitrogens with one attached hydrogen (secondary N) is 1. The molecule has 2 amide bonds. The van der Waals surface area contributed by atoms with E-state index in [-0.39, 0.29) is 12.6 Å². The van der Waals surface area contributed by atoms with E-state index in [0.717, 1.165) is 13.1 Å². The van der Waals surface area contributed by atoms with Gasteiger partial charge in [-0.1, -0.05) is 6.92 Å². The number of amides is 2. The number of morpholine rings is 1. The predicted molar refractivity (Wildman–Crippen MR) is 72.6 cm³/mol. The van der Waals surface area contributed by atoms with E-state index in [2.05, 4.69) is 17.1 Å². The van der Waals surface area contributed by atoms with Crippen molar-refractivity contribution in [1.29, 1.82) is 0 Å². The van der Waals surface area contributed by atoms with Crippen LogP contribution in [-0.4, -0.2) is 78.4 Å². The zero-order valence-electron chi connectivity index (χ0n) is 11.9. The minimum atomic E-state index is -1.02. The summed E-state index contributed by atoms with van der Waals surface area (Å²) < 4.78 is 5.11.